The number of nitrogens with two attached hydrogens (primary N) is 1. The van der Waals surface area contributed by atoms with Crippen molar-refractivity contribution in [1.82, 2.24) is 19.5 Å². The van der Waals surface area contributed by atoms with E-state index in [-0.39, 0.29) is 0 Å². The molecule has 0 fully saturated rings. The van der Waals surface area contributed by atoms with E-state index in [0.717, 1.165) is 32.7 Å². The molecular weight excluding hydrogens is 364 g/mol. The smallest absolute Gasteiger partial charge is 0.269 e. The molecule has 0 bridgehead atoms. The average molecular weight is 382 g/mol. The first kappa shape index (κ1) is 17.5. The first-order valence-electron chi connectivity index (χ1n) is 8.28. The normalized spacial score (nSPS) is 12.6. The van der Waals surface area contributed by atoms with Crippen molar-refractivity contribution in [2.75, 3.05) is 18.7 Å². The minimum absolute atomic E-state index is 0.300. The lowest BCUT2D eigenvalue weighted by Crippen LogP contribution is -2.24. The molecule has 138 valence electrons. The monoisotopic (exact) mass is 382 g/mol. The fourth-order valence-electron chi connectivity index (χ4n) is 3.05. The van der Waals surface area contributed by atoms with E-state index < -0.39 is 5.91 Å². The summed E-state index contributed by atoms with van der Waals surface area (Å²) in [5, 5.41) is 0.853. The van der Waals surface area contributed by atoms with Crippen LogP contribution in [0.3, 0.4) is 0 Å². The van der Waals surface area contributed by atoms with Crippen LogP contribution < -0.4 is 10.6 Å². The third-order valence-corrected chi connectivity index (χ3v) is 5.41. The highest BCUT2D eigenvalue weighted by molar-refractivity contribution is 7.99. The van der Waals surface area contributed by atoms with E-state index in [1.54, 1.807) is 37.6 Å². The van der Waals surface area contributed by atoms with Crippen LogP contribution in [0.1, 0.15) is 21.7 Å². The van der Waals surface area contributed by atoms with Crippen LogP contribution in [0.25, 0.3) is 0 Å². The van der Waals surface area contributed by atoms with Gasteiger partial charge in [-0.25, -0.2) is 15.0 Å². The number of hydrogen-bond acceptors (Lipinski definition) is 7. The molecule has 9 heteroatoms. The first-order valence-corrected chi connectivity index (χ1v) is 9.10. The molecule has 1 aliphatic heterocycles. The van der Waals surface area contributed by atoms with Gasteiger partial charge >= 0.3 is 0 Å². The maximum Gasteiger partial charge on any atom is 0.269 e. The van der Waals surface area contributed by atoms with Gasteiger partial charge in [-0.1, -0.05) is 17.8 Å². The van der Waals surface area contributed by atoms with Gasteiger partial charge in [0.2, 0.25) is 0 Å². The van der Waals surface area contributed by atoms with E-state index in [4.69, 9.17) is 10.5 Å². The predicted molar refractivity (Wildman–Crippen MR) is 101 cm³/mol. The van der Waals surface area contributed by atoms with Gasteiger partial charge in [-0.2, -0.15) is 0 Å². The Morgan fingerprint density at radius 2 is 2.07 bits per heavy atom. The van der Waals surface area contributed by atoms with Crippen molar-refractivity contribution in [3.63, 3.8) is 0 Å². The van der Waals surface area contributed by atoms with Crippen LogP contribution in [0.5, 0.6) is 0 Å². The first-order chi connectivity index (χ1) is 13.1. The summed E-state index contributed by atoms with van der Waals surface area (Å²) in [4.78, 5) is 27.5. The van der Waals surface area contributed by atoms with E-state index >= 15 is 0 Å². The van der Waals surface area contributed by atoms with Crippen molar-refractivity contribution in [3.05, 3.63) is 53.9 Å². The molecule has 8 nitrogen and oxygen atoms in total. The molecule has 0 saturated carbocycles. The molecule has 0 unspecified atom stereocenters. The van der Waals surface area contributed by atoms with E-state index in [2.05, 4.69) is 33.2 Å². The Bertz CT molecular complexity index is 1020. The Balaban J connectivity index is 1.69. The Morgan fingerprint density at radius 1 is 1.26 bits per heavy atom. The summed E-state index contributed by atoms with van der Waals surface area (Å²) in [7, 11) is 1.65. The highest BCUT2D eigenvalue weighted by Crippen LogP contribution is 2.46. The lowest BCUT2D eigenvalue weighted by atomic mass is 10.1. The molecule has 1 aliphatic rings. The van der Waals surface area contributed by atoms with Crippen molar-refractivity contribution in [1.29, 1.82) is 0 Å². The van der Waals surface area contributed by atoms with Crippen LogP contribution in [0.4, 0.5) is 11.5 Å². The number of carbonyl (C=O) groups excluding carboxylic acids is 1. The SMILES string of the molecule is COCN1c2cc(Cn3cnc(C(N)=O)c3C)ccc2Sc2nccnc21. The van der Waals surface area contributed by atoms with E-state index in [1.807, 2.05) is 16.4 Å². The zero-order valence-electron chi connectivity index (χ0n) is 14.9. The molecule has 4 rings (SSSR count). The number of methoxy groups -OCH3 is 1. The molecule has 0 spiro atoms. The van der Waals surface area contributed by atoms with Gasteiger partial charge in [-0.15, -0.1) is 0 Å². The van der Waals surface area contributed by atoms with Crippen LogP contribution in [0, 0.1) is 6.92 Å². The van der Waals surface area contributed by atoms with E-state index in [0.29, 0.717) is 19.0 Å². The minimum atomic E-state index is -0.519. The van der Waals surface area contributed by atoms with Gasteiger partial charge < -0.3 is 15.0 Å². The number of nitrogens with zero attached hydrogens (tertiary/aromatic N) is 5. The number of imidazole rings is 1. The molecule has 3 aromatic rings. The molecule has 0 atom stereocenters. The number of primary amides is 1. The van der Waals surface area contributed by atoms with Crippen LogP contribution >= 0.6 is 11.8 Å². The van der Waals surface area contributed by atoms with Gasteiger partial charge in [0.05, 0.1) is 12.0 Å². The van der Waals surface area contributed by atoms with Crippen molar-refractivity contribution in [2.45, 2.75) is 23.4 Å². The van der Waals surface area contributed by atoms with Crippen molar-refractivity contribution in [2.24, 2.45) is 5.73 Å². The quantitative estimate of drug-likeness (QED) is 0.723. The maximum absolute atomic E-state index is 11.4. The Hall–Kier alpha value is -2.91. The molecular formula is C18H18N6O2S. The molecule has 3 heterocycles. The van der Waals surface area contributed by atoms with Gasteiger partial charge in [-0.05, 0) is 24.6 Å². The molecule has 1 aromatic carbocycles. The number of benzene rings is 1. The van der Waals surface area contributed by atoms with Crippen LogP contribution in [-0.4, -0.2) is 39.3 Å². The average Bonchev–Trinajstić information content (AvgIpc) is 3.02. The molecule has 0 radical (unpaired) electrons. The fraction of sp³-hybridized carbons (Fsp3) is 0.222. The van der Waals surface area contributed by atoms with Crippen molar-refractivity contribution >= 4 is 29.2 Å². The third kappa shape index (κ3) is 3.15. The summed E-state index contributed by atoms with van der Waals surface area (Å²) in [5.41, 5.74) is 8.49. The van der Waals surface area contributed by atoms with Crippen LogP contribution in [-0.2, 0) is 11.3 Å². The van der Waals surface area contributed by atoms with Crippen molar-refractivity contribution < 1.29 is 9.53 Å². The molecule has 2 aromatic heterocycles. The largest absolute Gasteiger partial charge is 0.364 e. The third-order valence-electron chi connectivity index (χ3n) is 4.37. The number of fused-ring (bicyclic) bond motifs is 2. The minimum Gasteiger partial charge on any atom is -0.364 e. The van der Waals surface area contributed by atoms with E-state index in [1.165, 1.54) is 0 Å². The zero-order chi connectivity index (χ0) is 19.0. The van der Waals surface area contributed by atoms with Crippen LogP contribution in [0.15, 0.2) is 46.8 Å². The van der Waals surface area contributed by atoms with Crippen molar-refractivity contribution in [3.8, 4) is 0 Å². The lowest BCUT2D eigenvalue weighted by Gasteiger charge is -2.30. The van der Waals surface area contributed by atoms with Gasteiger partial charge in [0.25, 0.3) is 5.91 Å². The second kappa shape index (κ2) is 7.01. The molecule has 2 N–H and O–H groups in total. The summed E-state index contributed by atoms with van der Waals surface area (Å²) in [6, 6.07) is 6.22. The summed E-state index contributed by atoms with van der Waals surface area (Å²) in [6.45, 7) is 2.79. The zero-order valence-corrected chi connectivity index (χ0v) is 15.7. The molecule has 1 amide bonds. The number of hydrogen-bond donors (Lipinski definition) is 1. The van der Waals surface area contributed by atoms with Gasteiger partial charge in [0, 0.05) is 36.6 Å². The summed E-state index contributed by atoms with van der Waals surface area (Å²) in [6.07, 6.45) is 5.00. The van der Waals surface area contributed by atoms with E-state index in [9.17, 15) is 4.79 Å². The highest BCUT2D eigenvalue weighted by Gasteiger charge is 2.26. The van der Waals surface area contributed by atoms with Gasteiger partial charge in [0.15, 0.2) is 5.82 Å². The number of amides is 1. The Kier molecular flexibility index (Phi) is 4.54. The molecule has 27 heavy (non-hydrogen) atoms. The Labute approximate surface area is 160 Å². The fourth-order valence-corrected chi connectivity index (χ4v) is 4.04. The lowest BCUT2D eigenvalue weighted by molar-refractivity contribution is 0.0995. The Morgan fingerprint density at radius 3 is 2.81 bits per heavy atom. The summed E-state index contributed by atoms with van der Waals surface area (Å²) < 4.78 is 7.29. The second-order valence-electron chi connectivity index (χ2n) is 6.11. The van der Waals surface area contributed by atoms with Crippen LogP contribution in [0.2, 0.25) is 0 Å². The summed E-state index contributed by atoms with van der Waals surface area (Å²) in [5.74, 6) is 0.262. The second-order valence-corrected chi connectivity index (χ2v) is 7.14. The number of carbonyl (C=O) groups is 1. The topological polar surface area (TPSA) is 99.2 Å². The van der Waals surface area contributed by atoms with Gasteiger partial charge in [0.1, 0.15) is 17.5 Å². The van der Waals surface area contributed by atoms with Gasteiger partial charge in [-0.3, -0.25) is 9.69 Å². The predicted octanol–water partition coefficient (Wildman–Crippen LogP) is 2.34. The number of aromatic nitrogens is 4. The summed E-state index contributed by atoms with van der Waals surface area (Å²) >= 11 is 1.59. The molecule has 0 saturated heterocycles. The number of rotatable bonds is 5. The standard InChI is InChI=1S/C18H18N6O2S/c1-11-15(16(19)25)22-9-23(11)8-12-3-4-14-13(7-12)24(10-26-2)17-18(27-14)21-6-5-20-17/h3-7,9H,8,10H2,1-2H3,(H2,19,25). The molecule has 0 aliphatic carbocycles. The maximum atomic E-state index is 11.4. The number of ether oxygens (including phenoxy) is 1. The highest BCUT2D eigenvalue weighted by atomic mass is 32.2. The number of anilines is 2.